The van der Waals surface area contributed by atoms with Gasteiger partial charge < -0.3 is 9.84 Å². The molecule has 0 amide bonds. The van der Waals surface area contributed by atoms with Crippen LogP contribution in [-0.4, -0.2) is 23.3 Å². The lowest BCUT2D eigenvalue weighted by Gasteiger charge is -2.26. The summed E-state index contributed by atoms with van der Waals surface area (Å²) >= 11 is 0. The zero-order valence-electron chi connectivity index (χ0n) is 6.76. The van der Waals surface area contributed by atoms with E-state index in [2.05, 4.69) is 0 Å². The van der Waals surface area contributed by atoms with Crippen LogP contribution in [0.4, 0.5) is 0 Å². The Morgan fingerprint density at radius 2 is 2.27 bits per heavy atom. The van der Waals surface area contributed by atoms with Crippen LogP contribution in [0, 0.1) is 11.3 Å². The van der Waals surface area contributed by atoms with Crippen LogP contribution in [0.15, 0.2) is 0 Å². The fourth-order valence-corrected chi connectivity index (χ4v) is 2.23. The molecule has 0 spiro atoms. The molecule has 2 fully saturated rings. The smallest absolute Gasteiger partial charge is 0.312 e. The maximum Gasteiger partial charge on any atom is 0.312 e. The highest BCUT2D eigenvalue weighted by molar-refractivity contribution is 5.81. The molecule has 3 heteroatoms. The van der Waals surface area contributed by atoms with Crippen molar-refractivity contribution in [2.75, 3.05) is 6.61 Å². The summed E-state index contributed by atoms with van der Waals surface area (Å²) in [5, 5.41) is 8.97. The van der Waals surface area contributed by atoms with E-state index in [1.54, 1.807) is 0 Å². The van der Waals surface area contributed by atoms with Crippen molar-refractivity contribution in [2.24, 2.45) is 11.3 Å². The summed E-state index contributed by atoms with van der Waals surface area (Å²) < 4.78 is 5.39. The number of carbonyl (C=O) groups is 1. The minimum Gasteiger partial charge on any atom is -0.481 e. The van der Waals surface area contributed by atoms with E-state index in [0.717, 1.165) is 6.42 Å². The molecule has 0 aromatic carbocycles. The van der Waals surface area contributed by atoms with Gasteiger partial charge in [-0.05, 0) is 20.3 Å². The number of carboxylic acids is 1. The molecule has 62 valence electrons. The van der Waals surface area contributed by atoms with Gasteiger partial charge in [0.1, 0.15) is 5.41 Å². The van der Waals surface area contributed by atoms with Gasteiger partial charge in [-0.2, -0.15) is 0 Å². The molecule has 2 aliphatic rings. The fraction of sp³-hybridized carbons (Fsp3) is 0.875. The van der Waals surface area contributed by atoms with Crippen LogP contribution in [0.2, 0.25) is 0 Å². The Labute approximate surface area is 65.4 Å². The first-order chi connectivity index (χ1) is 5.01. The van der Waals surface area contributed by atoms with E-state index < -0.39 is 17.0 Å². The Balaban J connectivity index is 2.35. The Bertz CT molecular complexity index is 221. The van der Waals surface area contributed by atoms with Crippen molar-refractivity contribution >= 4 is 5.97 Å². The van der Waals surface area contributed by atoms with Crippen LogP contribution in [-0.2, 0) is 9.53 Å². The second kappa shape index (κ2) is 1.61. The Hall–Kier alpha value is -0.570. The molecule has 2 atom stereocenters. The molecule has 0 radical (unpaired) electrons. The maximum atomic E-state index is 10.9. The van der Waals surface area contributed by atoms with Gasteiger partial charge in [-0.25, -0.2) is 0 Å². The van der Waals surface area contributed by atoms with E-state index in [-0.39, 0.29) is 5.92 Å². The second-order valence-corrected chi connectivity index (χ2v) is 4.00. The predicted octanol–water partition coefficient (Wildman–Crippen LogP) is 0.886. The van der Waals surface area contributed by atoms with Crippen molar-refractivity contribution in [3.63, 3.8) is 0 Å². The Kier molecular flexibility index (Phi) is 1.04. The first-order valence-electron chi connectivity index (χ1n) is 3.88. The van der Waals surface area contributed by atoms with Crippen LogP contribution >= 0.6 is 0 Å². The van der Waals surface area contributed by atoms with E-state index in [9.17, 15) is 4.79 Å². The lowest BCUT2D eigenvalue weighted by atomic mass is 9.87. The molecule has 1 N–H and O–H groups in total. The number of hydrogen-bond donors (Lipinski definition) is 1. The number of carboxylic acid groups (broad SMARTS) is 1. The van der Waals surface area contributed by atoms with Gasteiger partial charge >= 0.3 is 5.97 Å². The van der Waals surface area contributed by atoms with Crippen molar-refractivity contribution in [3.05, 3.63) is 0 Å². The summed E-state index contributed by atoms with van der Waals surface area (Å²) in [5.74, 6) is -0.417. The lowest BCUT2D eigenvalue weighted by molar-refractivity contribution is -0.151. The van der Waals surface area contributed by atoms with E-state index in [0.29, 0.717) is 6.61 Å². The number of rotatable bonds is 1. The van der Waals surface area contributed by atoms with Crippen LogP contribution in [0.25, 0.3) is 0 Å². The van der Waals surface area contributed by atoms with Crippen LogP contribution in [0.1, 0.15) is 20.3 Å². The van der Waals surface area contributed by atoms with E-state index in [1.165, 1.54) is 0 Å². The third-order valence-electron chi connectivity index (χ3n) is 3.21. The quantitative estimate of drug-likeness (QED) is 0.613. The highest BCUT2D eigenvalue weighted by Crippen LogP contribution is 2.65. The molecule has 0 bridgehead atoms. The minimum atomic E-state index is -0.690. The van der Waals surface area contributed by atoms with Crippen molar-refractivity contribution in [1.29, 1.82) is 0 Å². The molecule has 1 saturated heterocycles. The predicted molar refractivity (Wildman–Crippen MR) is 38.2 cm³/mol. The van der Waals surface area contributed by atoms with Gasteiger partial charge in [-0.3, -0.25) is 4.79 Å². The van der Waals surface area contributed by atoms with Gasteiger partial charge in [0, 0.05) is 5.92 Å². The molecule has 11 heavy (non-hydrogen) atoms. The van der Waals surface area contributed by atoms with Gasteiger partial charge in [-0.1, -0.05) is 0 Å². The second-order valence-electron chi connectivity index (χ2n) is 4.00. The van der Waals surface area contributed by atoms with Crippen LogP contribution < -0.4 is 0 Å². The average molecular weight is 156 g/mol. The van der Waals surface area contributed by atoms with E-state index in [1.807, 2.05) is 13.8 Å². The molecule has 0 aromatic rings. The van der Waals surface area contributed by atoms with Gasteiger partial charge in [0.2, 0.25) is 0 Å². The van der Waals surface area contributed by atoms with E-state index >= 15 is 0 Å². The largest absolute Gasteiger partial charge is 0.481 e. The molecule has 3 nitrogen and oxygen atoms in total. The Morgan fingerprint density at radius 1 is 1.64 bits per heavy atom. The summed E-state index contributed by atoms with van der Waals surface area (Å²) in [6.07, 6.45) is 0.801. The van der Waals surface area contributed by atoms with Gasteiger partial charge in [0.25, 0.3) is 0 Å². The summed E-state index contributed by atoms with van der Waals surface area (Å²) in [4.78, 5) is 10.9. The number of fused-ring (bicyclic) bond motifs is 1. The summed E-state index contributed by atoms with van der Waals surface area (Å²) in [6.45, 7) is 4.36. The lowest BCUT2D eigenvalue weighted by Crippen LogP contribution is -2.38. The third-order valence-corrected chi connectivity index (χ3v) is 3.21. The SMILES string of the molecule is CC1(C)OC[C@@H]2C[C@@]21C(=O)O. The first kappa shape index (κ1) is 7.10. The monoisotopic (exact) mass is 156 g/mol. The molecular weight excluding hydrogens is 144 g/mol. The summed E-state index contributed by atoms with van der Waals surface area (Å²) in [5.41, 5.74) is -1.00. The standard InChI is InChI=1S/C8H12O3/c1-7(2)8(6(9)10)3-5(8)4-11-7/h5H,3-4H2,1-2H3,(H,9,10)/t5-,8-/m0/s1. The van der Waals surface area contributed by atoms with Gasteiger partial charge in [0.05, 0.1) is 12.2 Å². The Morgan fingerprint density at radius 3 is 2.45 bits per heavy atom. The third kappa shape index (κ3) is 0.601. The number of aliphatic carboxylic acids is 1. The molecule has 0 unspecified atom stereocenters. The fourth-order valence-electron chi connectivity index (χ4n) is 2.23. The van der Waals surface area contributed by atoms with Crippen molar-refractivity contribution < 1.29 is 14.6 Å². The van der Waals surface area contributed by atoms with E-state index in [4.69, 9.17) is 9.84 Å². The van der Waals surface area contributed by atoms with Crippen molar-refractivity contribution in [1.82, 2.24) is 0 Å². The summed E-state index contributed by atoms with van der Waals surface area (Å²) in [7, 11) is 0. The molecule has 1 aliphatic heterocycles. The van der Waals surface area contributed by atoms with Crippen molar-refractivity contribution in [2.45, 2.75) is 25.9 Å². The molecule has 0 aromatic heterocycles. The summed E-state index contributed by atoms with van der Waals surface area (Å²) in [6, 6.07) is 0. The molecule has 1 heterocycles. The first-order valence-corrected chi connectivity index (χ1v) is 3.88. The minimum absolute atomic E-state index is 0.273. The average Bonchev–Trinajstić information content (AvgIpc) is 2.53. The number of ether oxygens (including phenoxy) is 1. The van der Waals surface area contributed by atoms with Gasteiger partial charge in [0.15, 0.2) is 0 Å². The number of hydrogen-bond acceptors (Lipinski definition) is 2. The highest BCUT2D eigenvalue weighted by atomic mass is 16.5. The molecular formula is C8H12O3. The molecule has 1 saturated carbocycles. The van der Waals surface area contributed by atoms with Gasteiger partial charge in [-0.15, -0.1) is 0 Å². The topological polar surface area (TPSA) is 46.5 Å². The van der Waals surface area contributed by atoms with Crippen LogP contribution in [0.5, 0.6) is 0 Å². The maximum absolute atomic E-state index is 10.9. The van der Waals surface area contributed by atoms with Crippen molar-refractivity contribution in [3.8, 4) is 0 Å². The molecule has 1 aliphatic carbocycles. The normalized spacial score (nSPS) is 45.1. The molecule has 2 rings (SSSR count). The zero-order valence-corrected chi connectivity index (χ0v) is 6.76. The zero-order chi connectivity index (χ0) is 8.28. The highest BCUT2D eigenvalue weighted by Gasteiger charge is 2.73. The van der Waals surface area contributed by atoms with Crippen LogP contribution in [0.3, 0.4) is 0 Å².